The first-order valence-electron chi connectivity index (χ1n) is 9.29. The van der Waals surface area contributed by atoms with Crippen LogP contribution in [0.5, 0.6) is 0 Å². The van der Waals surface area contributed by atoms with Gasteiger partial charge in [-0.05, 0) is 54.2 Å². The van der Waals surface area contributed by atoms with Crippen LogP contribution in [0.15, 0.2) is 35.6 Å². The highest BCUT2D eigenvalue weighted by atomic mass is 16.3. The Labute approximate surface area is 158 Å². The summed E-state index contributed by atoms with van der Waals surface area (Å²) < 4.78 is 0. The number of aliphatic hydroxyl groups is 1. The predicted molar refractivity (Wildman–Crippen MR) is 105 cm³/mol. The van der Waals surface area contributed by atoms with Gasteiger partial charge in [-0.1, -0.05) is 31.2 Å². The maximum absolute atomic E-state index is 12.6. The number of hydrogen-bond donors (Lipinski definition) is 1. The summed E-state index contributed by atoms with van der Waals surface area (Å²) in [6.07, 6.45) is 0.648. The summed E-state index contributed by atoms with van der Waals surface area (Å²) in [7, 11) is 0. The molecular formula is C23H24O4. The number of hydrogen-bond acceptors (Lipinski definition) is 4. The van der Waals surface area contributed by atoms with Crippen LogP contribution in [0.2, 0.25) is 0 Å². The fourth-order valence-corrected chi connectivity index (χ4v) is 4.29. The second-order valence-electron chi connectivity index (χ2n) is 7.27. The minimum Gasteiger partial charge on any atom is -0.511 e. The number of Topliss-reactive ketones (excluding diaryl/α,β-unsaturated/α-hetero) is 3. The Kier molecular flexibility index (Phi) is 5.01. The van der Waals surface area contributed by atoms with Crippen molar-refractivity contribution in [3.05, 3.63) is 57.9 Å². The van der Waals surface area contributed by atoms with Crippen LogP contribution in [0.25, 0.3) is 10.8 Å². The zero-order valence-electron chi connectivity index (χ0n) is 16.2. The Morgan fingerprint density at radius 1 is 1.04 bits per heavy atom. The van der Waals surface area contributed by atoms with Crippen molar-refractivity contribution < 1.29 is 19.5 Å². The molecule has 0 unspecified atom stereocenters. The van der Waals surface area contributed by atoms with E-state index in [4.69, 9.17) is 0 Å². The summed E-state index contributed by atoms with van der Waals surface area (Å²) >= 11 is 0. The summed E-state index contributed by atoms with van der Waals surface area (Å²) in [5.41, 5.74) is 3.48. The molecule has 1 aliphatic rings. The molecule has 0 spiro atoms. The second kappa shape index (κ2) is 7.10. The largest absolute Gasteiger partial charge is 0.511 e. The van der Waals surface area contributed by atoms with Crippen molar-refractivity contribution in [2.75, 3.05) is 0 Å². The van der Waals surface area contributed by atoms with E-state index in [2.05, 4.69) is 0 Å². The number of fused-ring (bicyclic) bond motifs is 1. The fraction of sp³-hybridized carbons (Fsp3) is 0.348. The third-order valence-electron chi connectivity index (χ3n) is 5.63. The maximum Gasteiger partial charge on any atom is 0.170 e. The number of carbonyl (C=O) groups excluding carboxylic acids is 3. The number of benzene rings is 2. The van der Waals surface area contributed by atoms with Crippen molar-refractivity contribution in [2.45, 2.75) is 52.9 Å². The average Bonchev–Trinajstić information content (AvgIpc) is 2.61. The van der Waals surface area contributed by atoms with E-state index in [1.165, 1.54) is 0 Å². The Balaban J connectivity index is 2.21. The van der Waals surface area contributed by atoms with Crippen LogP contribution in [-0.4, -0.2) is 22.5 Å². The molecule has 3 rings (SSSR count). The van der Waals surface area contributed by atoms with Crippen molar-refractivity contribution in [1.29, 1.82) is 0 Å². The molecule has 0 saturated heterocycles. The topological polar surface area (TPSA) is 71.4 Å². The zero-order chi connectivity index (χ0) is 19.9. The Hall–Kier alpha value is -2.75. The smallest absolute Gasteiger partial charge is 0.170 e. The van der Waals surface area contributed by atoms with Gasteiger partial charge in [-0.3, -0.25) is 14.4 Å². The van der Waals surface area contributed by atoms with Gasteiger partial charge in [-0.2, -0.15) is 0 Å². The molecule has 4 heteroatoms. The van der Waals surface area contributed by atoms with Gasteiger partial charge < -0.3 is 5.11 Å². The van der Waals surface area contributed by atoms with E-state index < -0.39 is 0 Å². The van der Waals surface area contributed by atoms with E-state index in [1.54, 1.807) is 13.8 Å². The summed E-state index contributed by atoms with van der Waals surface area (Å²) in [6.45, 7) is 7.15. The molecule has 140 valence electrons. The number of rotatable bonds is 3. The predicted octanol–water partition coefficient (Wildman–Crippen LogP) is 4.90. The highest BCUT2D eigenvalue weighted by Crippen LogP contribution is 2.40. The molecular weight excluding hydrogens is 340 g/mol. The molecule has 4 nitrogen and oxygen atoms in total. The standard InChI is InChI=1S/C23H24O4/c1-5-18(25)23-19(26)10-15(11-20(23)27)22-13(3)12(2)21(14(4)24)16-8-6-7-9-17(16)22/h6-9,15,25H,5,10-11H2,1-4H3. The summed E-state index contributed by atoms with van der Waals surface area (Å²) in [5, 5.41) is 11.7. The van der Waals surface area contributed by atoms with E-state index in [0.29, 0.717) is 5.56 Å². The van der Waals surface area contributed by atoms with Crippen LogP contribution in [0.1, 0.15) is 66.1 Å². The Morgan fingerprint density at radius 3 is 2.11 bits per heavy atom. The molecule has 0 aromatic heterocycles. The first-order chi connectivity index (χ1) is 12.8. The van der Waals surface area contributed by atoms with Gasteiger partial charge in [0, 0.05) is 24.8 Å². The van der Waals surface area contributed by atoms with Crippen LogP contribution >= 0.6 is 0 Å². The van der Waals surface area contributed by atoms with Crippen LogP contribution in [0.3, 0.4) is 0 Å². The second-order valence-corrected chi connectivity index (χ2v) is 7.27. The van der Waals surface area contributed by atoms with Gasteiger partial charge in [-0.25, -0.2) is 0 Å². The fourth-order valence-electron chi connectivity index (χ4n) is 4.29. The van der Waals surface area contributed by atoms with Gasteiger partial charge >= 0.3 is 0 Å². The summed E-state index contributed by atoms with van der Waals surface area (Å²) in [6, 6.07) is 7.67. The van der Waals surface area contributed by atoms with Gasteiger partial charge in [0.25, 0.3) is 0 Å². The van der Waals surface area contributed by atoms with Gasteiger partial charge in [0.15, 0.2) is 17.3 Å². The third kappa shape index (κ3) is 3.09. The number of aliphatic hydroxyl groups excluding tert-OH is 1. The maximum atomic E-state index is 12.6. The number of allylic oxidation sites excluding steroid dienone is 2. The minimum atomic E-state index is -0.299. The van der Waals surface area contributed by atoms with Crippen molar-refractivity contribution in [1.82, 2.24) is 0 Å². The minimum absolute atomic E-state index is 0.00670. The first-order valence-corrected chi connectivity index (χ1v) is 9.29. The molecule has 0 atom stereocenters. The van der Waals surface area contributed by atoms with Gasteiger partial charge in [0.1, 0.15) is 5.76 Å². The van der Waals surface area contributed by atoms with Crippen molar-refractivity contribution in [2.24, 2.45) is 0 Å². The van der Waals surface area contributed by atoms with Crippen molar-refractivity contribution >= 4 is 28.1 Å². The molecule has 1 saturated carbocycles. The van der Waals surface area contributed by atoms with Crippen LogP contribution < -0.4 is 0 Å². The number of carbonyl (C=O) groups is 3. The molecule has 1 N–H and O–H groups in total. The molecule has 1 fully saturated rings. The monoisotopic (exact) mass is 364 g/mol. The van der Waals surface area contributed by atoms with E-state index >= 15 is 0 Å². The molecule has 2 aromatic carbocycles. The highest BCUT2D eigenvalue weighted by molar-refractivity contribution is 6.23. The first kappa shape index (κ1) is 19.0. The van der Waals surface area contributed by atoms with E-state index in [9.17, 15) is 19.5 Å². The zero-order valence-corrected chi connectivity index (χ0v) is 16.2. The Morgan fingerprint density at radius 2 is 1.59 bits per heavy atom. The summed E-state index contributed by atoms with van der Waals surface area (Å²) in [5.74, 6) is -0.955. The lowest BCUT2D eigenvalue weighted by Crippen LogP contribution is -2.27. The number of ketones is 3. The molecule has 27 heavy (non-hydrogen) atoms. The van der Waals surface area contributed by atoms with Crippen molar-refractivity contribution in [3.8, 4) is 0 Å². The Bertz CT molecular complexity index is 991. The molecule has 0 amide bonds. The molecule has 0 heterocycles. The van der Waals surface area contributed by atoms with E-state index in [-0.39, 0.29) is 53.9 Å². The third-order valence-corrected chi connectivity index (χ3v) is 5.63. The van der Waals surface area contributed by atoms with Gasteiger partial charge in [0.2, 0.25) is 0 Å². The van der Waals surface area contributed by atoms with Crippen LogP contribution in [0.4, 0.5) is 0 Å². The lowest BCUT2D eigenvalue weighted by molar-refractivity contribution is -0.124. The molecule has 0 radical (unpaired) electrons. The lowest BCUT2D eigenvalue weighted by atomic mass is 9.75. The molecule has 0 aliphatic heterocycles. The molecule has 1 aliphatic carbocycles. The van der Waals surface area contributed by atoms with E-state index in [0.717, 1.165) is 27.5 Å². The molecule has 0 bridgehead atoms. The highest BCUT2D eigenvalue weighted by Gasteiger charge is 2.35. The van der Waals surface area contributed by atoms with Crippen LogP contribution in [-0.2, 0) is 9.59 Å². The van der Waals surface area contributed by atoms with Crippen molar-refractivity contribution in [3.63, 3.8) is 0 Å². The van der Waals surface area contributed by atoms with E-state index in [1.807, 2.05) is 38.1 Å². The van der Waals surface area contributed by atoms with Gasteiger partial charge in [0.05, 0.1) is 5.57 Å². The quantitative estimate of drug-likeness (QED) is 0.364. The SMILES string of the molecule is CCC(O)=C1C(=O)CC(c2c(C)c(C)c(C(C)=O)c3ccccc23)CC1=O. The van der Waals surface area contributed by atoms with Gasteiger partial charge in [-0.15, -0.1) is 0 Å². The summed E-state index contributed by atoms with van der Waals surface area (Å²) in [4.78, 5) is 37.4. The average molecular weight is 364 g/mol. The molecule has 2 aromatic rings. The lowest BCUT2D eigenvalue weighted by Gasteiger charge is -2.27. The van der Waals surface area contributed by atoms with Crippen LogP contribution in [0, 0.1) is 13.8 Å². The normalized spacial score (nSPS) is 17.5.